The van der Waals surface area contributed by atoms with E-state index in [1.54, 1.807) is 6.20 Å². The zero-order valence-corrected chi connectivity index (χ0v) is 4.39. The zero-order chi connectivity index (χ0) is 5.40. The van der Waals surface area contributed by atoms with Gasteiger partial charge in [-0.05, 0) is 0 Å². The summed E-state index contributed by atoms with van der Waals surface area (Å²) in [4.78, 5) is 0. The lowest BCUT2D eigenvalue weighted by molar-refractivity contribution is 0.696. The largest absolute Gasteiger partial charge is 0.368 e. The number of aromatic nitrogens is 2. The summed E-state index contributed by atoms with van der Waals surface area (Å²) in [7, 11) is 0. The smallest absolute Gasteiger partial charge is 0.132 e. The average molecular weight is 108 g/mol. The van der Waals surface area contributed by atoms with Gasteiger partial charge in [0.15, 0.2) is 0 Å². The molecule has 0 atom stereocenters. The second kappa shape index (κ2) is 1.24. The van der Waals surface area contributed by atoms with Gasteiger partial charge in [-0.15, -0.1) is 0 Å². The summed E-state index contributed by atoms with van der Waals surface area (Å²) in [5.41, 5.74) is 0. The molecule has 41 valence electrons. The van der Waals surface area contributed by atoms with Crippen LogP contribution < -0.4 is 5.32 Å². The van der Waals surface area contributed by atoms with Gasteiger partial charge in [-0.25, -0.2) is 4.68 Å². The van der Waals surface area contributed by atoms with E-state index in [0.29, 0.717) is 0 Å². The fourth-order valence-electron chi connectivity index (χ4n) is 0.884. The van der Waals surface area contributed by atoms with E-state index in [9.17, 15) is 0 Å². The lowest BCUT2D eigenvalue weighted by Gasteiger charge is -1.86. The lowest BCUT2D eigenvalue weighted by atomic mass is 10.6. The molecular weight excluding hydrogens is 102 g/mol. The average Bonchev–Trinajstić information content (AvgIpc) is 2.15. The number of hydrogen-bond donors (Lipinski definition) is 1. The number of nitrogens with one attached hydrogen (secondary N) is 1. The third-order valence-electron chi connectivity index (χ3n) is 1.27. The fraction of sp³-hybridized carbons (Fsp3) is 0.400. The molecule has 1 aromatic rings. The van der Waals surface area contributed by atoms with Gasteiger partial charge in [-0.1, -0.05) is 0 Å². The van der Waals surface area contributed by atoms with Crippen LogP contribution in [0.25, 0.3) is 0 Å². The summed E-state index contributed by atoms with van der Waals surface area (Å²) >= 11 is 0. The highest BCUT2D eigenvalue weighted by molar-refractivity contribution is 5.34. The second-order valence-electron chi connectivity index (χ2n) is 1.79. The summed E-state index contributed by atoms with van der Waals surface area (Å²) in [5.74, 6) is 1.02. The summed E-state index contributed by atoms with van der Waals surface area (Å²) in [6.07, 6.45) is 1.68. The van der Waals surface area contributed by atoms with Gasteiger partial charge in [0.1, 0.15) is 5.82 Å². The van der Waals surface area contributed by atoms with Crippen LogP contribution in [0.3, 0.4) is 0 Å². The van der Waals surface area contributed by atoms with Crippen molar-refractivity contribution in [3.63, 3.8) is 0 Å². The third kappa shape index (κ3) is 0.358. The van der Waals surface area contributed by atoms with Gasteiger partial charge < -0.3 is 5.32 Å². The number of anilines is 1. The van der Waals surface area contributed by atoms with Crippen molar-refractivity contribution in [2.45, 2.75) is 6.54 Å². The molecule has 2 rings (SSSR count). The van der Waals surface area contributed by atoms with Crippen LogP contribution >= 0.6 is 0 Å². The van der Waals surface area contributed by atoms with Crippen molar-refractivity contribution >= 4 is 5.82 Å². The molecule has 0 spiro atoms. The van der Waals surface area contributed by atoms with Gasteiger partial charge in [-0.2, -0.15) is 5.10 Å². The highest BCUT2D eigenvalue weighted by atomic mass is 15.4. The van der Waals surface area contributed by atoms with Crippen LogP contribution in [0.5, 0.6) is 0 Å². The molecule has 1 N–H and O–H groups in total. The first-order valence-corrected chi connectivity index (χ1v) is 2.64. The lowest BCUT2D eigenvalue weighted by Crippen LogP contribution is -1.94. The van der Waals surface area contributed by atoms with Gasteiger partial charge >= 0.3 is 0 Å². The standard InChI is InChI=1S/C5H6N3/c1-2-7-8-4-3-6-5(1)8/h2,6H,3-4H2. The first-order chi connectivity index (χ1) is 3.97. The van der Waals surface area contributed by atoms with Gasteiger partial charge in [-0.3, -0.25) is 0 Å². The molecule has 3 nitrogen and oxygen atoms in total. The van der Waals surface area contributed by atoms with E-state index < -0.39 is 0 Å². The van der Waals surface area contributed by atoms with E-state index in [0.717, 1.165) is 18.9 Å². The quantitative estimate of drug-likeness (QED) is 0.511. The Morgan fingerprint density at radius 2 is 2.88 bits per heavy atom. The predicted molar refractivity (Wildman–Crippen MR) is 29.6 cm³/mol. The van der Waals surface area contributed by atoms with Crippen molar-refractivity contribution < 1.29 is 0 Å². The molecule has 0 saturated carbocycles. The number of hydrogen-bond acceptors (Lipinski definition) is 2. The van der Waals surface area contributed by atoms with E-state index in [4.69, 9.17) is 0 Å². The van der Waals surface area contributed by atoms with Crippen LogP contribution in [0, 0.1) is 6.07 Å². The van der Waals surface area contributed by atoms with Crippen molar-refractivity contribution in [3.8, 4) is 0 Å². The van der Waals surface area contributed by atoms with Crippen LogP contribution in [-0.2, 0) is 6.54 Å². The Morgan fingerprint density at radius 1 is 1.88 bits per heavy atom. The monoisotopic (exact) mass is 108 g/mol. The molecule has 1 aromatic heterocycles. The van der Waals surface area contributed by atoms with Crippen molar-refractivity contribution in [2.75, 3.05) is 11.9 Å². The summed E-state index contributed by atoms with van der Waals surface area (Å²) in [5, 5.41) is 7.12. The third-order valence-corrected chi connectivity index (χ3v) is 1.27. The SMILES string of the molecule is [c]1cnn2c1NCC2. The van der Waals surface area contributed by atoms with Gasteiger partial charge in [0, 0.05) is 12.6 Å². The number of fused-ring (bicyclic) bond motifs is 1. The Balaban J connectivity index is 2.54. The first-order valence-electron chi connectivity index (χ1n) is 2.64. The van der Waals surface area contributed by atoms with Crippen molar-refractivity contribution in [3.05, 3.63) is 12.3 Å². The van der Waals surface area contributed by atoms with Crippen LogP contribution in [0.15, 0.2) is 6.20 Å². The molecule has 2 heterocycles. The minimum absolute atomic E-state index is 0.985. The first kappa shape index (κ1) is 3.95. The molecule has 0 fully saturated rings. The molecule has 0 bridgehead atoms. The van der Waals surface area contributed by atoms with E-state index in [1.165, 1.54) is 0 Å². The van der Waals surface area contributed by atoms with Crippen LogP contribution in [0.4, 0.5) is 5.82 Å². The van der Waals surface area contributed by atoms with Gasteiger partial charge in [0.05, 0.1) is 12.7 Å². The minimum atomic E-state index is 0.985. The molecule has 1 aliphatic rings. The normalized spacial score (nSPS) is 15.5. The topological polar surface area (TPSA) is 29.9 Å². The zero-order valence-electron chi connectivity index (χ0n) is 4.39. The number of rotatable bonds is 0. The minimum Gasteiger partial charge on any atom is -0.368 e. The Labute approximate surface area is 47.3 Å². The molecule has 0 aromatic carbocycles. The number of nitrogens with zero attached hydrogens (tertiary/aromatic N) is 2. The predicted octanol–water partition coefficient (Wildman–Crippen LogP) is 0.109. The van der Waals surface area contributed by atoms with Gasteiger partial charge in [0.2, 0.25) is 0 Å². The Bertz CT molecular complexity index is 173. The Morgan fingerprint density at radius 3 is 3.75 bits per heavy atom. The van der Waals surface area contributed by atoms with E-state index in [2.05, 4.69) is 16.5 Å². The van der Waals surface area contributed by atoms with Crippen molar-refractivity contribution in [1.82, 2.24) is 9.78 Å². The molecule has 0 unspecified atom stereocenters. The van der Waals surface area contributed by atoms with E-state index in [-0.39, 0.29) is 0 Å². The van der Waals surface area contributed by atoms with Crippen LogP contribution in [-0.4, -0.2) is 16.3 Å². The molecule has 0 saturated heterocycles. The second-order valence-corrected chi connectivity index (χ2v) is 1.79. The maximum Gasteiger partial charge on any atom is 0.132 e. The maximum atomic E-state index is 4.00. The highest BCUT2D eigenvalue weighted by Crippen LogP contribution is 2.08. The highest BCUT2D eigenvalue weighted by Gasteiger charge is 2.06. The summed E-state index contributed by atoms with van der Waals surface area (Å²) in [6.45, 7) is 1.98. The Hall–Kier alpha value is -0.990. The molecule has 1 aliphatic heterocycles. The van der Waals surface area contributed by atoms with E-state index >= 15 is 0 Å². The van der Waals surface area contributed by atoms with Crippen LogP contribution in [0.2, 0.25) is 0 Å². The summed E-state index contributed by atoms with van der Waals surface area (Å²) in [6, 6.07) is 2.96. The molecule has 8 heavy (non-hydrogen) atoms. The van der Waals surface area contributed by atoms with Crippen LogP contribution in [0.1, 0.15) is 0 Å². The van der Waals surface area contributed by atoms with Gasteiger partial charge in [0.25, 0.3) is 0 Å². The molecule has 1 radical (unpaired) electrons. The maximum absolute atomic E-state index is 4.00. The van der Waals surface area contributed by atoms with Crippen molar-refractivity contribution in [1.29, 1.82) is 0 Å². The Kier molecular flexibility index (Phi) is 0.614. The summed E-state index contributed by atoms with van der Waals surface area (Å²) < 4.78 is 1.90. The van der Waals surface area contributed by atoms with E-state index in [1.807, 2.05) is 4.68 Å². The van der Waals surface area contributed by atoms with Crippen molar-refractivity contribution in [2.24, 2.45) is 0 Å². The molecule has 0 aliphatic carbocycles. The fourth-order valence-corrected chi connectivity index (χ4v) is 0.884. The molecule has 3 heteroatoms. The molecule has 0 amide bonds. The molecular formula is C5H6N3.